The molecule has 2 heteroatoms. The fourth-order valence-corrected chi connectivity index (χ4v) is 2.56. The molecule has 0 aliphatic rings. The van der Waals surface area contributed by atoms with Crippen LogP contribution < -0.4 is 5.32 Å². The van der Waals surface area contributed by atoms with Crippen LogP contribution in [0.2, 0.25) is 0 Å². The topological polar surface area (TPSA) is 32.3 Å². The van der Waals surface area contributed by atoms with Gasteiger partial charge in [-0.1, -0.05) is 78.9 Å². The number of hydrogen-bond donors (Lipinski definition) is 2. The van der Waals surface area contributed by atoms with Crippen LogP contribution in [0.1, 0.15) is 23.3 Å². The zero-order valence-electron chi connectivity index (χ0n) is 12.3. The minimum Gasteiger partial charge on any atom is -0.386 e. The first-order chi connectivity index (χ1) is 10.8. The van der Waals surface area contributed by atoms with Crippen molar-refractivity contribution in [3.8, 4) is 0 Å². The van der Waals surface area contributed by atoms with Crippen molar-refractivity contribution in [3.63, 3.8) is 0 Å². The van der Waals surface area contributed by atoms with Crippen LogP contribution >= 0.6 is 0 Å². The maximum atomic E-state index is 10.8. The van der Waals surface area contributed by atoms with E-state index in [2.05, 4.69) is 5.32 Å². The molecule has 2 nitrogen and oxygen atoms in total. The quantitative estimate of drug-likeness (QED) is 0.721. The van der Waals surface area contributed by atoms with E-state index in [1.807, 2.05) is 91.0 Å². The molecule has 0 aromatic heterocycles. The summed E-state index contributed by atoms with van der Waals surface area (Å²) < 4.78 is 0. The lowest BCUT2D eigenvalue weighted by atomic mass is 9.95. The van der Waals surface area contributed by atoms with Gasteiger partial charge < -0.3 is 10.4 Å². The Balaban J connectivity index is 1.93. The maximum Gasteiger partial charge on any atom is 0.103 e. The van der Waals surface area contributed by atoms with Crippen molar-refractivity contribution in [2.45, 2.75) is 12.1 Å². The summed E-state index contributed by atoms with van der Waals surface area (Å²) in [5.41, 5.74) is 2.95. The first kappa shape index (κ1) is 14.4. The summed E-state index contributed by atoms with van der Waals surface area (Å²) >= 11 is 0. The van der Waals surface area contributed by atoms with E-state index in [0.717, 1.165) is 16.8 Å². The average molecular weight is 289 g/mol. The van der Waals surface area contributed by atoms with Crippen LogP contribution in [0.25, 0.3) is 0 Å². The lowest BCUT2D eigenvalue weighted by Crippen LogP contribution is -2.19. The number of aliphatic hydroxyl groups excluding tert-OH is 1. The van der Waals surface area contributed by atoms with Crippen LogP contribution in [-0.4, -0.2) is 5.11 Å². The van der Waals surface area contributed by atoms with Crippen molar-refractivity contribution in [2.24, 2.45) is 0 Å². The van der Waals surface area contributed by atoms with Gasteiger partial charge in [0.2, 0.25) is 0 Å². The third kappa shape index (κ3) is 3.35. The smallest absolute Gasteiger partial charge is 0.103 e. The standard InChI is InChI=1S/C20H19NO/c22-20(17-12-6-2-7-13-17)19(16-10-4-1-5-11-16)21-18-14-8-3-9-15-18/h1-15,19-22H/t19-,20-/m0/s1. The summed E-state index contributed by atoms with van der Waals surface area (Å²) in [6, 6.07) is 29.6. The van der Waals surface area contributed by atoms with Crippen molar-refractivity contribution in [1.82, 2.24) is 0 Å². The molecule has 0 aliphatic heterocycles. The normalized spacial score (nSPS) is 13.3. The number of benzene rings is 3. The predicted octanol–water partition coefficient (Wildman–Crippen LogP) is 4.57. The predicted molar refractivity (Wildman–Crippen MR) is 90.6 cm³/mol. The van der Waals surface area contributed by atoms with Gasteiger partial charge >= 0.3 is 0 Å². The highest BCUT2D eigenvalue weighted by molar-refractivity contribution is 5.46. The minimum absolute atomic E-state index is 0.203. The van der Waals surface area contributed by atoms with Crippen LogP contribution in [0, 0.1) is 0 Å². The van der Waals surface area contributed by atoms with Crippen molar-refractivity contribution in [2.75, 3.05) is 5.32 Å². The third-order valence-electron chi connectivity index (χ3n) is 3.71. The minimum atomic E-state index is -0.621. The van der Waals surface area contributed by atoms with Gasteiger partial charge in [-0.2, -0.15) is 0 Å². The van der Waals surface area contributed by atoms with E-state index < -0.39 is 6.10 Å². The number of rotatable bonds is 5. The Bertz CT molecular complexity index is 683. The zero-order chi connectivity index (χ0) is 15.2. The highest BCUT2D eigenvalue weighted by atomic mass is 16.3. The molecule has 2 atom stereocenters. The lowest BCUT2D eigenvalue weighted by molar-refractivity contribution is 0.155. The molecule has 3 rings (SSSR count). The van der Waals surface area contributed by atoms with Gasteiger partial charge in [0.15, 0.2) is 0 Å². The summed E-state index contributed by atoms with van der Waals surface area (Å²) in [6.45, 7) is 0. The first-order valence-electron chi connectivity index (χ1n) is 7.44. The molecule has 110 valence electrons. The zero-order valence-corrected chi connectivity index (χ0v) is 12.3. The Labute approximate surface area is 131 Å². The van der Waals surface area contributed by atoms with Crippen molar-refractivity contribution < 1.29 is 5.11 Å². The van der Waals surface area contributed by atoms with Crippen LogP contribution in [0.3, 0.4) is 0 Å². The fourth-order valence-electron chi connectivity index (χ4n) is 2.56. The molecule has 0 saturated heterocycles. The molecule has 22 heavy (non-hydrogen) atoms. The number of hydrogen-bond acceptors (Lipinski definition) is 2. The molecule has 0 radical (unpaired) electrons. The first-order valence-corrected chi connectivity index (χ1v) is 7.44. The molecule has 0 unspecified atom stereocenters. The Morgan fingerprint density at radius 2 is 1.05 bits per heavy atom. The van der Waals surface area contributed by atoms with Gasteiger partial charge in [0, 0.05) is 5.69 Å². The molecule has 0 bridgehead atoms. The van der Waals surface area contributed by atoms with Crippen LogP contribution in [0.15, 0.2) is 91.0 Å². The second-order valence-electron chi connectivity index (χ2n) is 5.25. The number of nitrogens with one attached hydrogen (secondary N) is 1. The van der Waals surface area contributed by atoms with E-state index in [4.69, 9.17) is 0 Å². The van der Waals surface area contributed by atoms with Gasteiger partial charge in [-0.25, -0.2) is 0 Å². The van der Waals surface area contributed by atoms with E-state index in [0.29, 0.717) is 0 Å². The van der Waals surface area contributed by atoms with Crippen LogP contribution in [-0.2, 0) is 0 Å². The molecule has 0 fully saturated rings. The van der Waals surface area contributed by atoms with E-state index in [9.17, 15) is 5.11 Å². The van der Waals surface area contributed by atoms with Crippen molar-refractivity contribution >= 4 is 5.69 Å². The Hall–Kier alpha value is -2.58. The Morgan fingerprint density at radius 3 is 1.59 bits per heavy atom. The summed E-state index contributed by atoms with van der Waals surface area (Å²) in [6.07, 6.45) is -0.621. The van der Waals surface area contributed by atoms with Gasteiger partial charge in [0.05, 0.1) is 6.04 Å². The molecule has 2 N–H and O–H groups in total. The van der Waals surface area contributed by atoms with E-state index in [-0.39, 0.29) is 6.04 Å². The summed E-state index contributed by atoms with van der Waals surface area (Å²) in [7, 11) is 0. The summed E-state index contributed by atoms with van der Waals surface area (Å²) in [5.74, 6) is 0. The van der Waals surface area contributed by atoms with E-state index in [1.54, 1.807) is 0 Å². The second-order valence-corrected chi connectivity index (χ2v) is 5.25. The summed E-state index contributed by atoms with van der Waals surface area (Å²) in [5, 5.41) is 14.3. The summed E-state index contributed by atoms with van der Waals surface area (Å²) in [4.78, 5) is 0. The van der Waals surface area contributed by atoms with Gasteiger partial charge in [-0.05, 0) is 23.3 Å². The monoisotopic (exact) mass is 289 g/mol. The van der Waals surface area contributed by atoms with Crippen molar-refractivity contribution in [3.05, 3.63) is 102 Å². The largest absolute Gasteiger partial charge is 0.386 e. The molecule has 3 aromatic rings. The van der Waals surface area contributed by atoms with E-state index >= 15 is 0 Å². The van der Waals surface area contributed by atoms with Crippen molar-refractivity contribution in [1.29, 1.82) is 0 Å². The molecule has 3 aromatic carbocycles. The number of aliphatic hydroxyl groups is 1. The van der Waals surface area contributed by atoms with E-state index in [1.165, 1.54) is 0 Å². The number of para-hydroxylation sites is 1. The molecular formula is C20H19NO. The molecule has 0 saturated carbocycles. The van der Waals surface area contributed by atoms with Gasteiger partial charge in [-0.15, -0.1) is 0 Å². The van der Waals surface area contributed by atoms with Gasteiger partial charge in [0.25, 0.3) is 0 Å². The maximum absolute atomic E-state index is 10.8. The molecule has 0 spiro atoms. The van der Waals surface area contributed by atoms with Crippen LogP contribution in [0.4, 0.5) is 5.69 Å². The SMILES string of the molecule is O[C@@H](c1ccccc1)[C@@H](Nc1ccccc1)c1ccccc1. The van der Waals surface area contributed by atoms with Crippen LogP contribution in [0.5, 0.6) is 0 Å². The van der Waals surface area contributed by atoms with Gasteiger partial charge in [-0.3, -0.25) is 0 Å². The average Bonchev–Trinajstić information content (AvgIpc) is 2.61. The Morgan fingerprint density at radius 1 is 0.591 bits per heavy atom. The molecule has 0 aliphatic carbocycles. The third-order valence-corrected chi connectivity index (χ3v) is 3.71. The molecule has 0 amide bonds. The molecular weight excluding hydrogens is 270 g/mol. The lowest BCUT2D eigenvalue weighted by Gasteiger charge is -2.26. The fraction of sp³-hybridized carbons (Fsp3) is 0.100. The number of anilines is 1. The van der Waals surface area contributed by atoms with Gasteiger partial charge in [0.1, 0.15) is 6.10 Å². The Kier molecular flexibility index (Phi) is 4.52. The second kappa shape index (κ2) is 6.92. The molecule has 0 heterocycles. The highest BCUT2D eigenvalue weighted by Crippen LogP contribution is 2.31. The highest BCUT2D eigenvalue weighted by Gasteiger charge is 2.22.